The van der Waals surface area contributed by atoms with Crippen molar-refractivity contribution in [1.29, 1.82) is 0 Å². The molecule has 1 aromatic heterocycles. The number of esters is 1. The molecule has 1 N–H and O–H groups in total. The van der Waals surface area contributed by atoms with Gasteiger partial charge in [0.2, 0.25) is 0 Å². The summed E-state index contributed by atoms with van der Waals surface area (Å²) in [6.45, 7) is 4.71. The maximum absolute atomic E-state index is 11.2. The average Bonchev–Trinajstić information content (AvgIpc) is 2.49. The van der Waals surface area contributed by atoms with E-state index in [0.29, 0.717) is 11.3 Å². The molecule has 0 amide bonds. The van der Waals surface area contributed by atoms with Crippen LogP contribution < -0.4 is 10.4 Å². The van der Waals surface area contributed by atoms with E-state index < -0.39 is 17.7 Å². The Hall–Kier alpha value is -2.60. The van der Waals surface area contributed by atoms with Crippen LogP contribution in [0.2, 0.25) is 0 Å². The van der Waals surface area contributed by atoms with Gasteiger partial charge >= 0.3 is 11.6 Å². The first-order valence-electron chi connectivity index (χ1n) is 6.63. The van der Waals surface area contributed by atoms with Gasteiger partial charge in [-0.3, -0.25) is 0 Å². The molecule has 1 unspecified atom stereocenters. The molecule has 6 nitrogen and oxygen atoms in total. The summed E-state index contributed by atoms with van der Waals surface area (Å²) >= 11 is 0. The highest BCUT2D eigenvalue weighted by atomic mass is 16.5. The van der Waals surface area contributed by atoms with E-state index in [-0.39, 0.29) is 18.8 Å². The lowest BCUT2D eigenvalue weighted by atomic mass is 10.2. The van der Waals surface area contributed by atoms with Crippen LogP contribution in [0.15, 0.2) is 51.7 Å². The number of aliphatic hydroxyl groups is 1. The fourth-order valence-corrected chi connectivity index (χ4v) is 1.67. The highest BCUT2D eigenvalue weighted by Gasteiger charge is 2.10. The Balaban J connectivity index is 1.92. The number of carbonyl (C=O) groups is 1. The molecule has 0 radical (unpaired) electrons. The van der Waals surface area contributed by atoms with Gasteiger partial charge in [0.1, 0.15) is 30.7 Å². The molecule has 0 aliphatic rings. The molecule has 116 valence electrons. The van der Waals surface area contributed by atoms with Gasteiger partial charge < -0.3 is 19.0 Å². The van der Waals surface area contributed by atoms with Gasteiger partial charge in [-0.25, -0.2) is 9.59 Å². The summed E-state index contributed by atoms with van der Waals surface area (Å²) in [6, 6.07) is 7.97. The fraction of sp³-hybridized carbons (Fsp3) is 0.250. The Bertz CT molecular complexity index is 746. The number of hydrogen-bond donors (Lipinski definition) is 1. The van der Waals surface area contributed by atoms with Gasteiger partial charge in [-0.1, -0.05) is 6.58 Å². The van der Waals surface area contributed by atoms with Crippen LogP contribution in [-0.2, 0) is 9.53 Å². The minimum Gasteiger partial charge on any atom is -0.491 e. The standard InChI is InChI=1S/C16H16O6/c1-10(2)16(19)21-9-12(17)8-20-13-5-3-11-4-6-15(18)22-14(11)7-13/h3-7,12,17H,1,8-9H2,2H3. The zero-order chi connectivity index (χ0) is 16.1. The average molecular weight is 304 g/mol. The summed E-state index contributed by atoms with van der Waals surface area (Å²) < 4.78 is 15.2. The van der Waals surface area contributed by atoms with Crippen LogP contribution in [0.4, 0.5) is 0 Å². The fourth-order valence-electron chi connectivity index (χ4n) is 1.67. The highest BCUT2D eigenvalue weighted by Crippen LogP contribution is 2.19. The Kier molecular flexibility index (Phi) is 4.95. The zero-order valence-electron chi connectivity index (χ0n) is 12.1. The first-order chi connectivity index (χ1) is 10.5. The second-order valence-electron chi connectivity index (χ2n) is 4.80. The Morgan fingerprint density at radius 2 is 2.05 bits per heavy atom. The summed E-state index contributed by atoms with van der Waals surface area (Å²) in [6.07, 6.45) is -0.971. The SMILES string of the molecule is C=C(C)C(=O)OCC(O)COc1ccc2ccc(=O)oc2c1. The normalized spacial score (nSPS) is 11.9. The van der Waals surface area contributed by atoms with Crippen LogP contribution in [0.1, 0.15) is 6.92 Å². The summed E-state index contributed by atoms with van der Waals surface area (Å²) in [7, 11) is 0. The van der Waals surface area contributed by atoms with Crippen LogP contribution in [0, 0.1) is 0 Å². The van der Waals surface area contributed by atoms with E-state index in [1.54, 1.807) is 24.3 Å². The molecule has 1 aromatic carbocycles. The lowest BCUT2D eigenvalue weighted by molar-refractivity contribution is -0.142. The Labute approximate surface area is 126 Å². The van der Waals surface area contributed by atoms with E-state index in [2.05, 4.69) is 6.58 Å². The minimum absolute atomic E-state index is 0.0634. The van der Waals surface area contributed by atoms with Crippen LogP contribution in [0.25, 0.3) is 11.0 Å². The number of rotatable bonds is 6. The van der Waals surface area contributed by atoms with Gasteiger partial charge in [0.25, 0.3) is 0 Å². The predicted molar refractivity (Wildman–Crippen MR) is 79.8 cm³/mol. The van der Waals surface area contributed by atoms with Crippen molar-refractivity contribution in [2.45, 2.75) is 13.0 Å². The van der Waals surface area contributed by atoms with E-state index in [4.69, 9.17) is 13.9 Å². The maximum atomic E-state index is 11.2. The van der Waals surface area contributed by atoms with Crippen molar-refractivity contribution < 1.29 is 23.8 Å². The van der Waals surface area contributed by atoms with Gasteiger partial charge in [-0.15, -0.1) is 0 Å². The lowest BCUT2D eigenvalue weighted by Gasteiger charge is -2.13. The monoisotopic (exact) mass is 304 g/mol. The maximum Gasteiger partial charge on any atom is 0.336 e. The van der Waals surface area contributed by atoms with Gasteiger partial charge in [-0.05, 0) is 25.1 Å². The van der Waals surface area contributed by atoms with E-state index in [9.17, 15) is 14.7 Å². The van der Waals surface area contributed by atoms with Crippen LogP contribution in [-0.4, -0.2) is 30.4 Å². The molecule has 6 heteroatoms. The molecule has 2 aromatic rings. The lowest BCUT2D eigenvalue weighted by Crippen LogP contribution is -2.25. The first kappa shape index (κ1) is 15.8. The second kappa shape index (κ2) is 6.91. The van der Waals surface area contributed by atoms with Crippen LogP contribution in [0.5, 0.6) is 5.75 Å². The van der Waals surface area contributed by atoms with Gasteiger partial charge in [0.15, 0.2) is 0 Å². The predicted octanol–water partition coefficient (Wildman–Crippen LogP) is 1.65. The summed E-state index contributed by atoms with van der Waals surface area (Å²) in [5.74, 6) is -0.126. The molecule has 0 aliphatic heterocycles. The molecule has 0 saturated heterocycles. The molecule has 2 rings (SSSR count). The molecule has 0 saturated carbocycles. The van der Waals surface area contributed by atoms with Crippen LogP contribution in [0.3, 0.4) is 0 Å². The minimum atomic E-state index is -0.971. The second-order valence-corrected chi connectivity index (χ2v) is 4.80. The Morgan fingerprint density at radius 3 is 2.77 bits per heavy atom. The number of carbonyl (C=O) groups excluding carboxylic acids is 1. The molecule has 1 atom stereocenters. The van der Waals surface area contributed by atoms with Crippen molar-refractivity contribution in [2.75, 3.05) is 13.2 Å². The van der Waals surface area contributed by atoms with Crippen molar-refractivity contribution in [3.63, 3.8) is 0 Å². The van der Waals surface area contributed by atoms with Crippen molar-refractivity contribution in [3.8, 4) is 5.75 Å². The third-order valence-electron chi connectivity index (χ3n) is 2.79. The smallest absolute Gasteiger partial charge is 0.336 e. The number of ether oxygens (including phenoxy) is 2. The molecule has 1 heterocycles. The summed E-state index contributed by atoms with van der Waals surface area (Å²) in [5, 5.41) is 10.5. The van der Waals surface area contributed by atoms with Crippen molar-refractivity contribution in [1.82, 2.24) is 0 Å². The molecule has 0 spiro atoms. The highest BCUT2D eigenvalue weighted by molar-refractivity contribution is 5.86. The van der Waals surface area contributed by atoms with E-state index in [0.717, 1.165) is 5.39 Å². The summed E-state index contributed by atoms with van der Waals surface area (Å²) in [5.41, 5.74) is 0.210. The van der Waals surface area contributed by atoms with Crippen molar-refractivity contribution in [2.24, 2.45) is 0 Å². The zero-order valence-corrected chi connectivity index (χ0v) is 12.1. The third kappa shape index (κ3) is 4.20. The van der Waals surface area contributed by atoms with Crippen molar-refractivity contribution in [3.05, 3.63) is 52.9 Å². The largest absolute Gasteiger partial charge is 0.491 e. The molecule has 0 fully saturated rings. The molecule has 0 bridgehead atoms. The van der Waals surface area contributed by atoms with Gasteiger partial charge in [0.05, 0.1) is 0 Å². The molecular weight excluding hydrogens is 288 g/mol. The van der Waals surface area contributed by atoms with E-state index in [1.165, 1.54) is 13.0 Å². The van der Waals surface area contributed by atoms with E-state index in [1.807, 2.05) is 0 Å². The molecule has 0 aliphatic carbocycles. The number of benzene rings is 1. The number of aliphatic hydroxyl groups excluding tert-OH is 1. The third-order valence-corrected chi connectivity index (χ3v) is 2.79. The van der Waals surface area contributed by atoms with Crippen LogP contribution >= 0.6 is 0 Å². The quantitative estimate of drug-likeness (QED) is 0.496. The van der Waals surface area contributed by atoms with Gasteiger partial charge in [0, 0.05) is 23.1 Å². The first-order valence-corrected chi connectivity index (χ1v) is 6.63. The summed E-state index contributed by atoms with van der Waals surface area (Å²) in [4.78, 5) is 22.3. The molecular formula is C16H16O6. The topological polar surface area (TPSA) is 86.0 Å². The molecule has 22 heavy (non-hydrogen) atoms. The number of fused-ring (bicyclic) bond motifs is 1. The van der Waals surface area contributed by atoms with Gasteiger partial charge in [-0.2, -0.15) is 0 Å². The van der Waals surface area contributed by atoms with Crippen molar-refractivity contribution >= 4 is 16.9 Å². The van der Waals surface area contributed by atoms with E-state index >= 15 is 0 Å². The Morgan fingerprint density at radius 1 is 1.32 bits per heavy atom. The number of hydrogen-bond acceptors (Lipinski definition) is 6.